The van der Waals surface area contributed by atoms with E-state index in [1.165, 1.54) is 0 Å². The highest BCUT2D eigenvalue weighted by Gasteiger charge is 2.25. The lowest BCUT2D eigenvalue weighted by molar-refractivity contribution is 0.0529. The molecular formula is C15H21N3O2S. The van der Waals surface area contributed by atoms with Gasteiger partial charge in [0, 0.05) is 12.1 Å². The van der Waals surface area contributed by atoms with Crippen LogP contribution in [-0.2, 0) is 11.3 Å². The zero-order valence-electron chi connectivity index (χ0n) is 12.5. The van der Waals surface area contributed by atoms with Gasteiger partial charge in [-0.05, 0) is 38.8 Å². The number of hydrogen-bond acceptors (Lipinski definition) is 6. The molecule has 6 heteroatoms. The number of nitrogens with zero attached hydrogens (tertiary/aromatic N) is 2. The Hall–Kier alpha value is -1.58. The van der Waals surface area contributed by atoms with Gasteiger partial charge in [0.1, 0.15) is 15.9 Å². The Bertz CT molecular complexity index is 554. The van der Waals surface area contributed by atoms with E-state index >= 15 is 0 Å². The van der Waals surface area contributed by atoms with Crippen molar-refractivity contribution in [2.24, 2.45) is 5.92 Å². The number of carbonyl (C=O) groups is 1. The van der Waals surface area contributed by atoms with Crippen LogP contribution in [0.25, 0.3) is 0 Å². The third kappa shape index (κ3) is 3.55. The summed E-state index contributed by atoms with van der Waals surface area (Å²) in [5.41, 5.74) is 7.05. The summed E-state index contributed by atoms with van der Waals surface area (Å²) in [4.78, 5) is 14.8. The lowest BCUT2D eigenvalue weighted by atomic mass is 9.98. The molecule has 1 saturated heterocycles. The zero-order valence-corrected chi connectivity index (χ0v) is 13.3. The van der Waals surface area contributed by atoms with Gasteiger partial charge in [-0.2, -0.15) is 5.26 Å². The molecule has 1 aromatic rings. The normalized spacial score (nSPS) is 16.6. The molecule has 1 aliphatic heterocycles. The minimum absolute atomic E-state index is 0.319. The number of anilines is 1. The second-order valence-electron chi connectivity index (χ2n) is 5.44. The highest BCUT2D eigenvalue weighted by molar-refractivity contribution is 7.18. The summed E-state index contributed by atoms with van der Waals surface area (Å²) >= 11 is 1.16. The average Bonchev–Trinajstić information content (AvgIpc) is 2.77. The van der Waals surface area contributed by atoms with Crippen LogP contribution in [-0.4, -0.2) is 30.6 Å². The van der Waals surface area contributed by atoms with Crippen LogP contribution >= 0.6 is 11.3 Å². The Morgan fingerprint density at radius 2 is 2.19 bits per heavy atom. The van der Waals surface area contributed by atoms with Crippen molar-refractivity contribution in [1.29, 1.82) is 5.26 Å². The Morgan fingerprint density at radius 3 is 2.76 bits per heavy atom. The lowest BCUT2D eigenvalue weighted by Crippen LogP contribution is -2.32. The van der Waals surface area contributed by atoms with Crippen LogP contribution in [0.1, 0.15) is 47.5 Å². The molecule has 114 valence electrons. The van der Waals surface area contributed by atoms with E-state index in [4.69, 9.17) is 10.5 Å². The van der Waals surface area contributed by atoms with Gasteiger partial charge in [-0.15, -0.1) is 11.3 Å². The van der Waals surface area contributed by atoms with E-state index in [0.29, 0.717) is 28.6 Å². The summed E-state index contributed by atoms with van der Waals surface area (Å²) in [7, 11) is 0. The predicted molar refractivity (Wildman–Crippen MR) is 83.1 cm³/mol. The third-order valence-corrected chi connectivity index (χ3v) is 4.91. The van der Waals surface area contributed by atoms with E-state index in [-0.39, 0.29) is 5.97 Å². The third-order valence-electron chi connectivity index (χ3n) is 3.86. The highest BCUT2D eigenvalue weighted by atomic mass is 32.1. The molecule has 0 bridgehead atoms. The van der Waals surface area contributed by atoms with Crippen molar-refractivity contribution in [3.8, 4) is 6.07 Å². The summed E-state index contributed by atoms with van der Waals surface area (Å²) in [6, 6.07) is 2.13. The Morgan fingerprint density at radius 1 is 1.52 bits per heavy atom. The maximum absolute atomic E-state index is 12.0. The molecule has 0 aromatic carbocycles. The summed E-state index contributed by atoms with van der Waals surface area (Å²) in [5, 5.41) is 9.71. The molecule has 2 N–H and O–H groups in total. The molecule has 0 radical (unpaired) electrons. The SMILES string of the molecule is CCOC(=O)c1sc(N)c(C#N)c1CN1CCC(C)CC1. The molecule has 21 heavy (non-hydrogen) atoms. The average molecular weight is 307 g/mol. The number of thiophene rings is 1. The number of nitrogens with two attached hydrogens (primary N) is 1. The van der Waals surface area contributed by atoms with Crippen LogP contribution in [0.2, 0.25) is 0 Å². The molecule has 0 saturated carbocycles. The Balaban J connectivity index is 2.24. The molecule has 0 unspecified atom stereocenters. The summed E-state index contributed by atoms with van der Waals surface area (Å²) in [5.74, 6) is 0.366. The van der Waals surface area contributed by atoms with Gasteiger partial charge < -0.3 is 10.5 Å². The maximum Gasteiger partial charge on any atom is 0.348 e. The molecule has 5 nitrogen and oxygen atoms in total. The molecule has 1 aliphatic rings. The smallest absolute Gasteiger partial charge is 0.348 e. The van der Waals surface area contributed by atoms with Crippen LogP contribution in [0.5, 0.6) is 0 Å². The number of likely N-dealkylation sites (tertiary alicyclic amines) is 1. The second-order valence-corrected chi connectivity index (χ2v) is 6.49. The number of ether oxygens (including phenoxy) is 1. The molecule has 0 amide bonds. The second kappa shape index (κ2) is 6.92. The number of hydrogen-bond donors (Lipinski definition) is 1. The standard InChI is InChI=1S/C15H21N3O2S/c1-3-20-15(19)13-12(11(8-16)14(17)21-13)9-18-6-4-10(2)5-7-18/h10H,3-7,9,17H2,1-2H3. The molecule has 2 heterocycles. The monoisotopic (exact) mass is 307 g/mol. The van der Waals surface area contributed by atoms with Gasteiger partial charge in [-0.1, -0.05) is 6.92 Å². The zero-order chi connectivity index (χ0) is 15.4. The van der Waals surface area contributed by atoms with E-state index in [2.05, 4.69) is 17.9 Å². The first-order chi connectivity index (χ1) is 10.1. The summed E-state index contributed by atoms with van der Waals surface area (Å²) < 4.78 is 5.08. The molecule has 0 atom stereocenters. The molecule has 1 aromatic heterocycles. The molecule has 1 fully saturated rings. The largest absolute Gasteiger partial charge is 0.462 e. The van der Waals surface area contributed by atoms with E-state index in [0.717, 1.165) is 48.7 Å². The fraction of sp³-hybridized carbons (Fsp3) is 0.600. The van der Waals surface area contributed by atoms with Gasteiger partial charge in [-0.3, -0.25) is 4.90 Å². The number of rotatable bonds is 4. The van der Waals surface area contributed by atoms with Crippen LogP contribution < -0.4 is 5.73 Å². The number of nitriles is 1. The van der Waals surface area contributed by atoms with Crippen LogP contribution in [0, 0.1) is 17.2 Å². The molecular weight excluding hydrogens is 286 g/mol. The Labute approximate surface area is 129 Å². The number of esters is 1. The van der Waals surface area contributed by atoms with Gasteiger partial charge in [-0.25, -0.2) is 4.79 Å². The number of carbonyl (C=O) groups excluding carboxylic acids is 1. The number of piperidine rings is 1. The van der Waals surface area contributed by atoms with Gasteiger partial charge in [0.05, 0.1) is 12.2 Å². The van der Waals surface area contributed by atoms with Crippen molar-refractivity contribution in [2.75, 3.05) is 25.4 Å². The molecule has 2 rings (SSSR count). The minimum Gasteiger partial charge on any atom is -0.462 e. The van der Waals surface area contributed by atoms with E-state index < -0.39 is 0 Å². The van der Waals surface area contributed by atoms with Crippen LogP contribution in [0.3, 0.4) is 0 Å². The van der Waals surface area contributed by atoms with Gasteiger partial charge in [0.15, 0.2) is 0 Å². The first-order valence-corrected chi connectivity index (χ1v) is 8.09. The van der Waals surface area contributed by atoms with Crippen molar-refractivity contribution < 1.29 is 9.53 Å². The summed E-state index contributed by atoms with van der Waals surface area (Å²) in [6.07, 6.45) is 2.30. The van der Waals surface area contributed by atoms with Crippen LogP contribution in [0.15, 0.2) is 0 Å². The van der Waals surface area contributed by atoms with E-state index in [1.54, 1.807) is 6.92 Å². The number of nitrogen functional groups attached to an aromatic ring is 1. The first kappa shape index (κ1) is 15.8. The first-order valence-electron chi connectivity index (χ1n) is 7.27. The molecule has 0 spiro atoms. The summed E-state index contributed by atoms with van der Waals surface area (Å²) in [6.45, 7) is 6.92. The Kier molecular flexibility index (Phi) is 5.21. The van der Waals surface area contributed by atoms with Crippen molar-refractivity contribution in [2.45, 2.75) is 33.2 Å². The molecule has 0 aliphatic carbocycles. The van der Waals surface area contributed by atoms with Gasteiger partial charge in [0.25, 0.3) is 0 Å². The van der Waals surface area contributed by atoms with Crippen molar-refractivity contribution >= 4 is 22.3 Å². The van der Waals surface area contributed by atoms with E-state index in [1.807, 2.05) is 0 Å². The topological polar surface area (TPSA) is 79.3 Å². The lowest BCUT2D eigenvalue weighted by Gasteiger charge is -2.30. The fourth-order valence-electron chi connectivity index (χ4n) is 2.56. The fourth-order valence-corrected chi connectivity index (χ4v) is 3.49. The minimum atomic E-state index is -0.379. The maximum atomic E-state index is 12.0. The van der Waals surface area contributed by atoms with Crippen molar-refractivity contribution in [3.05, 3.63) is 16.0 Å². The predicted octanol–water partition coefficient (Wildman–Crippen LogP) is 2.61. The van der Waals surface area contributed by atoms with Crippen molar-refractivity contribution in [3.63, 3.8) is 0 Å². The van der Waals surface area contributed by atoms with Crippen LogP contribution in [0.4, 0.5) is 5.00 Å². The van der Waals surface area contributed by atoms with Crippen molar-refractivity contribution in [1.82, 2.24) is 4.90 Å². The van der Waals surface area contributed by atoms with Gasteiger partial charge >= 0.3 is 5.97 Å². The van der Waals surface area contributed by atoms with Gasteiger partial charge in [0.2, 0.25) is 0 Å². The quantitative estimate of drug-likeness (QED) is 0.865. The highest BCUT2D eigenvalue weighted by Crippen LogP contribution is 2.33. The van der Waals surface area contributed by atoms with E-state index in [9.17, 15) is 10.1 Å².